The van der Waals surface area contributed by atoms with Crippen LogP contribution in [0.3, 0.4) is 0 Å². The number of hydrogen-bond donors (Lipinski definition) is 2. The molecule has 1 aliphatic carbocycles. The van der Waals surface area contributed by atoms with Crippen molar-refractivity contribution in [2.45, 2.75) is 37.6 Å². The first-order valence-electron chi connectivity index (χ1n) is 11.7. The summed E-state index contributed by atoms with van der Waals surface area (Å²) in [7, 11) is 0. The van der Waals surface area contributed by atoms with Crippen LogP contribution in [-0.4, -0.2) is 66.4 Å². The summed E-state index contributed by atoms with van der Waals surface area (Å²) in [4.78, 5) is 38.6. The van der Waals surface area contributed by atoms with Crippen molar-refractivity contribution < 1.29 is 29.0 Å². The van der Waals surface area contributed by atoms with Crippen molar-refractivity contribution in [1.29, 1.82) is 0 Å². The minimum absolute atomic E-state index is 0.0207. The van der Waals surface area contributed by atoms with Crippen molar-refractivity contribution in [3.05, 3.63) is 59.7 Å². The van der Waals surface area contributed by atoms with Gasteiger partial charge < -0.3 is 24.8 Å². The second-order valence-corrected chi connectivity index (χ2v) is 8.72. The molecule has 2 aliphatic rings. The Hall–Kier alpha value is -3.39. The van der Waals surface area contributed by atoms with Gasteiger partial charge >= 0.3 is 12.1 Å². The Kier molecular flexibility index (Phi) is 7.17. The Morgan fingerprint density at radius 2 is 1.76 bits per heavy atom. The van der Waals surface area contributed by atoms with Gasteiger partial charge in [0.15, 0.2) is 0 Å². The monoisotopic (exact) mass is 466 g/mol. The van der Waals surface area contributed by atoms with E-state index in [4.69, 9.17) is 14.6 Å². The van der Waals surface area contributed by atoms with E-state index in [1.807, 2.05) is 43.3 Å². The van der Waals surface area contributed by atoms with Crippen molar-refractivity contribution >= 4 is 18.0 Å². The number of amides is 2. The average Bonchev–Trinajstić information content (AvgIpc) is 3.43. The zero-order valence-corrected chi connectivity index (χ0v) is 19.3. The highest BCUT2D eigenvalue weighted by atomic mass is 16.6. The number of carboxylic acids is 1. The first kappa shape index (κ1) is 23.8. The Labute approximate surface area is 198 Å². The zero-order chi connectivity index (χ0) is 24.1. The van der Waals surface area contributed by atoms with E-state index < -0.39 is 17.6 Å². The minimum atomic E-state index is -1.21. The van der Waals surface area contributed by atoms with E-state index in [2.05, 4.69) is 17.4 Å². The second kappa shape index (κ2) is 10.3. The predicted molar refractivity (Wildman–Crippen MR) is 125 cm³/mol. The summed E-state index contributed by atoms with van der Waals surface area (Å²) in [6.07, 6.45) is -0.00249. The molecule has 0 aromatic heterocycles. The number of alkyl carbamates (subject to hydrolysis) is 1. The quantitative estimate of drug-likeness (QED) is 0.587. The van der Waals surface area contributed by atoms with Crippen LogP contribution < -0.4 is 5.32 Å². The van der Waals surface area contributed by atoms with E-state index in [1.165, 1.54) is 0 Å². The Balaban J connectivity index is 1.43. The number of aliphatic carboxylic acids is 1. The van der Waals surface area contributed by atoms with Crippen LogP contribution in [0.25, 0.3) is 11.1 Å². The van der Waals surface area contributed by atoms with Gasteiger partial charge in [-0.1, -0.05) is 48.5 Å². The van der Waals surface area contributed by atoms with Crippen molar-refractivity contribution in [2.24, 2.45) is 0 Å². The third kappa shape index (κ3) is 4.77. The van der Waals surface area contributed by atoms with Crippen LogP contribution in [0.1, 0.15) is 43.2 Å². The number of hydrogen-bond acceptors (Lipinski definition) is 5. The number of carbonyl (C=O) groups excluding carboxylic acids is 2. The molecule has 0 bridgehead atoms. The number of nitrogens with one attached hydrogen (secondary N) is 1. The average molecular weight is 467 g/mol. The molecule has 1 fully saturated rings. The van der Waals surface area contributed by atoms with Gasteiger partial charge in [-0.05, 0) is 35.6 Å². The van der Waals surface area contributed by atoms with Crippen LogP contribution in [0.5, 0.6) is 0 Å². The number of nitrogens with zero attached hydrogens (tertiary/aromatic N) is 1. The molecule has 1 saturated heterocycles. The Morgan fingerprint density at radius 3 is 2.32 bits per heavy atom. The van der Waals surface area contributed by atoms with Crippen molar-refractivity contribution in [1.82, 2.24) is 10.2 Å². The summed E-state index contributed by atoms with van der Waals surface area (Å²) in [5.74, 6) is -1.25. The molecule has 2 amide bonds. The van der Waals surface area contributed by atoms with Crippen molar-refractivity contribution in [3.8, 4) is 11.1 Å². The number of ether oxygens (including phenoxy) is 2. The SMILES string of the molecule is CCN(CCCC(=O)O)C(=O)C1(NC(=O)OCC2c3ccccc3-c3ccccc32)CCOC1. The molecule has 8 heteroatoms. The van der Waals surface area contributed by atoms with Gasteiger partial charge in [-0.15, -0.1) is 0 Å². The lowest BCUT2D eigenvalue weighted by Gasteiger charge is -2.33. The van der Waals surface area contributed by atoms with Gasteiger partial charge in [0.05, 0.1) is 6.61 Å². The molecule has 34 heavy (non-hydrogen) atoms. The van der Waals surface area contributed by atoms with E-state index in [0.717, 1.165) is 22.3 Å². The van der Waals surface area contributed by atoms with Crippen molar-refractivity contribution in [3.63, 3.8) is 0 Å². The molecule has 1 aliphatic heterocycles. The largest absolute Gasteiger partial charge is 0.481 e. The molecule has 180 valence electrons. The van der Waals surface area contributed by atoms with E-state index >= 15 is 0 Å². The maximum Gasteiger partial charge on any atom is 0.408 e. The minimum Gasteiger partial charge on any atom is -0.481 e. The van der Waals surface area contributed by atoms with Gasteiger partial charge in [0.1, 0.15) is 12.1 Å². The number of rotatable bonds is 9. The fraction of sp³-hybridized carbons (Fsp3) is 0.423. The van der Waals surface area contributed by atoms with Crippen LogP contribution in [0.2, 0.25) is 0 Å². The van der Waals surface area contributed by atoms with E-state index in [1.54, 1.807) is 4.90 Å². The van der Waals surface area contributed by atoms with Crippen LogP contribution in [-0.2, 0) is 19.1 Å². The predicted octanol–water partition coefficient (Wildman–Crippen LogP) is 3.40. The summed E-state index contributed by atoms with van der Waals surface area (Å²) < 4.78 is 11.1. The molecule has 8 nitrogen and oxygen atoms in total. The van der Waals surface area contributed by atoms with Crippen molar-refractivity contribution in [2.75, 3.05) is 32.9 Å². The molecule has 2 aromatic carbocycles. The molecular weight excluding hydrogens is 436 g/mol. The number of carbonyl (C=O) groups is 3. The Bertz CT molecular complexity index is 1020. The number of likely N-dealkylation sites (N-methyl/N-ethyl adjacent to an activating group) is 1. The second-order valence-electron chi connectivity index (χ2n) is 8.72. The molecule has 4 rings (SSSR count). The third-order valence-electron chi connectivity index (χ3n) is 6.60. The van der Waals surface area contributed by atoms with Gasteiger partial charge in [0, 0.05) is 38.5 Å². The van der Waals surface area contributed by atoms with Gasteiger partial charge in [0.2, 0.25) is 0 Å². The summed E-state index contributed by atoms with van der Waals surface area (Å²) in [5.41, 5.74) is 3.30. The molecule has 0 saturated carbocycles. The lowest BCUT2D eigenvalue weighted by atomic mass is 9.96. The number of fused-ring (bicyclic) bond motifs is 3. The molecule has 1 unspecified atom stereocenters. The van der Waals surface area contributed by atoms with Crippen LogP contribution in [0.15, 0.2) is 48.5 Å². The highest BCUT2D eigenvalue weighted by molar-refractivity contribution is 5.90. The Morgan fingerprint density at radius 1 is 1.12 bits per heavy atom. The molecule has 2 N–H and O–H groups in total. The topological polar surface area (TPSA) is 105 Å². The summed E-state index contributed by atoms with van der Waals surface area (Å²) in [6, 6.07) is 16.2. The first-order chi connectivity index (χ1) is 16.4. The molecule has 1 atom stereocenters. The zero-order valence-electron chi connectivity index (χ0n) is 19.3. The lowest BCUT2D eigenvalue weighted by molar-refractivity contribution is -0.140. The standard InChI is InChI=1S/C26H30N2O6/c1-2-28(14-7-12-23(29)30)24(31)26(13-15-33-17-26)27-25(32)34-16-22-20-10-5-3-8-18(20)19-9-4-6-11-21(19)22/h3-6,8-11,22H,2,7,12-17H2,1H3,(H,27,32)(H,29,30). The van der Waals surface area contributed by atoms with Crippen LogP contribution >= 0.6 is 0 Å². The van der Waals surface area contributed by atoms with Crippen LogP contribution in [0.4, 0.5) is 4.79 Å². The normalized spacial score (nSPS) is 18.7. The molecule has 0 spiro atoms. The lowest BCUT2D eigenvalue weighted by Crippen LogP contribution is -2.60. The van der Waals surface area contributed by atoms with Crippen LogP contribution in [0, 0.1) is 0 Å². The smallest absolute Gasteiger partial charge is 0.408 e. The first-order valence-corrected chi connectivity index (χ1v) is 11.7. The van der Waals surface area contributed by atoms with Gasteiger partial charge in [-0.2, -0.15) is 0 Å². The van der Waals surface area contributed by atoms with Gasteiger partial charge in [-0.25, -0.2) is 4.79 Å². The summed E-state index contributed by atoms with van der Waals surface area (Å²) in [5, 5.41) is 11.7. The third-order valence-corrected chi connectivity index (χ3v) is 6.60. The van der Waals surface area contributed by atoms with E-state index in [0.29, 0.717) is 32.5 Å². The van der Waals surface area contributed by atoms with E-state index in [-0.39, 0.29) is 31.5 Å². The maximum atomic E-state index is 13.3. The number of carboxylic acid groups (broad SMARTS) is 1. The fourth-order valence-corrected chi connectivity index (χ4v) is 4.84. The summed E-state index contributed by atoms with van der Waals surface area (Å²) in [6.45, 7) is 3.10. The van der Waals surface area contributed by atoms with Gasteiger partial charge in [-0.3, -0.25) is 9.59 Å². The molecule has 2 aromatic rings. The number of benzene rings is 2. The summed E-state index contributed by atoms with van der Waals surface area (Å²) >= 11 is 0. The highest BCUT2D eigenvalue weighted by Gasteiger charge is 2.46. The molecular formula is C26H30N2O6. The molecule has 1 heterocycles. The van der Waals surface area contributed by atoms with Gasteiger partial charge in [0.25, 0.3) is 5.91 Å². The highest BCUT2D eigenvalue weighted by Crippen LogP contribution is 2.44. The molecule has 0 radical (unpaired) electrons. The maximum absolute atomic E-state index is 13.3. The fourth-order valence-electron chi connectivity index (χ4n) is 4.84. The van der Waals surface area contributed by atoms with E-state index in [9.17, 15) is 14.4 Å².